The van der Waals surface area contributed by atoms with Crippen LogP contribution in [-0.4, -0.2) is 39.8 Å². The van der Waals surface area contributed by atoms with Crippen LogP contribution >= 0.6 is 15.9 Å². The Hall–Kier alpha value is -3.37. The number of sulfonamides is 1. The normalized spacial score (nSPS) is 13.3. The molecule has 1 amide bonds. The second-order valence-electron chi connectivity index (χ2n) is 7.39. The largest absolute Gasteiger partial charge is 0.486 e. The van der Waals surface area contributed by atoms with Crippen LogP contribution in [0.1, 0.15) is 12.5 Å². The number of hydrogen-bond donors (Lipinski definition) is 1. The Morgan fingerprint density at radius 2 is 1.68 bits per heavy atom. The fourth-order valence-electron chi connectivity index (χ4n) is 3.29. The monoisotopic (exact) mass is 543 g/mol. The van der Waals surface area contributed by atoms with Gasteiger partial charge in [-0.2, -0.15) is 5.10 Å². The first-order valence-electron chi connectivity index (χ1n) is 10.4. The standard InChI is InChI=1S/C24H22BrN3O5S/c1-17(18-7-12-22-23(15-18)33-14-13-32-22)26-27-24(29)16-28(20-10-8-19(25)9-11-20)34(30,31)21-5-3-2-4-6-21/h2-12,15H,13-14,16H2,1H3,(H,27,29)/b26-17-. The molecule has 8 nitrogen and oxygen atoms in total. The van der Waals surface area contributed by atoms with Crippen molar-refractivity contribution in [2.24, 2.45) is 5.10 Å². The van der Waals surface area contributed by atoms with E-state index in [1.807, 2.05) is 6.07 Å². The first kappa shape index (κ1) is 23.8. The topological polar surface area (TPSA) is 97.3 Å². The van der Waals surface area contributed by atoms with Crippen molar-refractivity contribution in [2.75, 3.05) is 24.1 Å². The lowest BCUT2D eigenvalue weighted by Gasteiger charge is -2.23. The van der Waals surface area contributed by atoms with E-state index >= 15 is 0 Å². The molecule has 1 aliphatic heterocycles. The van der Waals surface area contributed by atoms with Gasteiger partial charge in [-0.05, 0) is 61.5 Å². The molecule has 1 heterocycles. The second-order valence-corrected chi connectivity index (χ2v) is 10.2. The highest BCUT2D eigenvalue weighted by Gasteiger charge is 2.27. The summed E-state index contributed by atoms with van der Waals surface area (Å²) in [4.78, 5) is 12.8. The summed E-state index contributed by atoms with van der Waals surface area (Å²) < 4.78 is 39.6. The van der Waals surface area contributed by atoms with Crippen LogP contribution in [0.3, 0.4) is 0 Å². The fourth-order valence-corrected chi connectivity index (χ4v) is 4.99. The molecule has 0 aromatic heterocycles. The molecule has 0 saturated heterocycles. The molecule has 0 unspecified atom stereocenters. The second kappa shape index (κ2) is 10.3. The molecule has 0 bridgehead atoms. The van der Waals surface area contributed by atoms with Crippen molar-refractivity contribution in [3.63, 3.8) is 0 Å². The predicted octanol–water partition coefficient (Wildman–Crippen LogP) is 3.96. The molecule has 4 rings (SSSR count). The van der Waals surface area contributed by atoms with Gasteiger partial charge in [-0.15, -0.1) is 0 Å². The summed E-state index contributed by atoms with van der Waals surface area (Å²) in [6.07, 6.45) is 0. The third kappa shape index (κ3) is 5.40. The molecule has 34 heavy (non-hydrogen) atoms. The summed E-state index contributed by atoms with van der Waals surface area (Å²) in [6.45, 7) is 2.25. The molecule has 0 spiro atoms. The fraction of sp³-hybridized carbons (Fsp3) is 0.167. The number of anilines is 1. The van der Waals surface area contributed by atoms with Gasteiger partial charge < -0.3 is 9.47 Å². The maximum atomic E-state index is 13.3. The van der Waals surface area contributed by atoms with E-state index in [-0.39, 0.29) is 4.90 Å². The van der Waals surface area contributed by atoms with Gasteiger partial charge in [-0.1, -0.05) is 34.1 Å². The van der Waals surface area contributed by atoms with E-state index in [0.717, 1.165) is 14.3 Å². The molecule has 0 aliphatic carbocycles. The summed E-state index contributed by atoms with van der Waals surface area (Å²) >= 11 is 3.34. The van der Waals surface area contributed by atoms with Gasteiger partial charge in [0.2, 0.25) is 0 Å². The molecule has 176 valence electrons. The Morgan fingerprint density at radius 1 is 1.00 bits per heavy atom. The maximum absolute atomic E-state index is 13.3. The van der Waals surface area contributed by atoms with Gasteiger partial charge in [-0.3, -0.25) is 9.10 Å². The lowest BCUT2D eigenvalue weighted by Crippen LogP contribution is -2.39. The van der Waals surface area contributed by atoms with Crippen LogP contribution in [0.2, 0.25) is 0 Å². The minimum Gasteiger partial charge on any atom is -0.486 e. The van der Waals surface area contributed by atoms with E-state index in [0.29, 0.717) is 36.1 Å². The highest BCUT2D eigenvalue weighted by molar-refractivity contribution is 9.10. The molecule has 3 aromatic carbocycles. The molecule has 10 heteroatoms. The van der Waals surface area contributed by atoms with Crippen LogP contribution in [0.15, 0.2) is 87.3 Å². The van der Waals surface area contributed by atoms with Crippen molar-refractivity contribution < 1.29 is 22.7 Å². The number of hydrazone groups is 1. The lowest BCUT2D eigenvalue weighted by atomic mass is 10.1. The Bertz CT molecular complexity index is 1310. The first-order valence-corrected chi connectivity index (χ1v) is 12.6. The van der Waals surface area contributed by atoms with Crippen LogP contribution < -0.4 is 19.2 Å². The van der Waals surface area contributed by atoms with Gasteiger partial charge in [0, 0.05) is 10.0 Å². The molecule has 1 N–H and O–H groups in total. The summed E-state index contributed by atoms with van der Waals surface area (Å²) in [5.41, 5.74) is 4.09. The molecule has 0 saturated carbocycles. The SMILES string of the molecule is C/C(=N/NC(=O)CN(c1ccc(Br)cc1)S(=O)(=O)c1ccccc1)c1ccc2c(c1)OCCO2. The lowest BCUT2D eigenvalue weighted by molar-refractivity contribution is -0.119. The zero-order valence-electron chi connectivity index (χ0n) is 18.3. The Labute approximate surface area is 206 Å². The number of fused-ring (bicyclic) bond motifs is 1. The number of halogens is 1. The first-order chi connectivity index (χ1) is 16.3. The van der Waals surface area contributed by atoms with Gasteiger partial charge in [-0.25, -0.2) is 13.8 Å². The highest BCUT2D eigenvalue weighted by atomic mass is 79.9. The molecule has 0 atom stereocenters. The van der Waals surface area contributed by atoms with Gasteiger partial charge in [0.15, 0.2) is 11.5 Å². The van der Waals surface area contributed by atoms with Crippen molar-refractivity contribution >= 4 is 43.3 Å². The number of carbonyl (C=O) groups excluding carboxylic acids is 1. The summed E-state index contributed by atoms with van der Waals surface area (Å²) in [5.74, 6) is 0.683. The van der Waals surface area contributed by atoms with Gasteiger partial charge in [0.25, 0.3) is 15.9 Å². The number of nitrogens with one attached hydrogen (secondary N) is 1. The Balaban J connectivity index is 1.54. The molecular formula is C24H22BrN3O5S. The number of carbonyl (C=O) groups is 1. The predicted molar refractivity (Wildman–Crippen MR) is 133 cm³/mol. The van der Waals surface area contributed by atoms with Crippen molar-refractivity contribution in [3.8, 4) is 11.5 Å². The van der Waals surface area contributed by atoms with Crippen LogP contribution in [0, 0.1) is 0 Å². The zero-order chi connectivity index (χ0) is 24.1. The smallest absolute Gasteiger partial charge is 0.264 e. The van der Waals surface area contributed by atoms with E-state index in [9.17, 15) is 13.2 Å². The van der Waals surface area contributed by atoms with Crippen LogP contribution in [0.5, 0.6) is 11.5 Å². The third-order valence-electron chi connectivity index (χ3n) is 5.04. The molecule has 1 aliphatic rings. The number of benzene rings is 3. The van der Waals surface area contributed by atoms with E-state index in [1.54, 1.807) is 61.5 Å². The maximum Gasteiger partial charge on any atom is 0.264 e. The summed E-state index contributed by atoms with van der Waals surface area (Å²) in [7, 11) is -3.98. The van der Waals surface area contributed by atoms with Gasteiger partial charge in [0.1, 0.15) is 19.8 Å². The van der Waals surface area contributed by atoms with Crippen molar-refractivity contribution in [1.29, 1.82) is 0 Å². The third-order valence-corrected chi connectivity index (χ3v) is 7.36. The number of amides is 1. The molecule has 0 radical (unpaired) electrons. The van der Waals surface area contributed by atoms with Gasteiger partial charge in [0.05, 0.1) is 16.3 Å². The highest BCUT2D eigenvalue weighted by Crippen LogP contribution is 2.31. The average molecular weight is 544 g/mol. The van der Waals surface area contributed by atoms with E-state index in [1.165, 1.54) is 12.1 Å². The Kier molecular flexibility index (Phi) is 7.18. The molecule has 3 aromatic rings. The quantitative estimate of drug-likeness (QED) is 0.359. The van der Waals surface area contributed by atoms with Crippen LogP contribution in [0.4, 0.5) is 5.69 Å². The number of ether oxygens (including phenoxy) is 2. The zero-order valence-corrected chi connectivity index (χ0v) is 20.7. The number of hydrogen-bond acceptors (Lipinski definition) is 6. The number of rotatable bonds is 7. The summed E-state index contributed by atoms with van der Waals surface area (Å²) in [5, 5.41) is 4.15. The average Bonchev–Trinajstić information content (AvgIpc) is 2.86. The minimum atomic E-state index is -3.98. The van der Waals surface area contributed by atoms with Gasteiger partial charge >= 0.3 is 0 Å². The van der Waals surface area contributed by atoms with E-state index < -0.39 is 22.5 Å². The van der Waals surface area contributed by atoms with Crippen LogP contribution in [0.25, 0.3) is 0 Å². The summed E-state index contributed by atoms with van der Waals surface area (Å²) in [6, 6.07) is 20.0. The van der Waals surface area contributed by atoms with Crippen LogP contribution in [-0.2, 0) is 14.8 Å². The van der Waals surface area contributed by atoms with Crippen molar-refractivity contribution in [1.82, 2.24) is 5.43 Å². The molecular weight excluding hydrogens is 522 g/mol. The molecule has 0 fully saturated rings. The minimum absolute atomic E-state index is 0.0849. The van der Waals surface area contributed by atoms with Crippen molar-refractivity contribution in [3.05, 3.63) is 82.8 Å². The number of nitrogens with zero attached hydrogens (tertiary/aromatic N) is 2. The Morgan fingerprint density at radius 3 is 2.38 bits per heavy atom. The van der Waals surface area contributed by atoms with E-state index in [2.05, 4.69) is 26.5 Å². The van der Waals surface area contributed by atoms with Crippen molar-refractivity contribution in [2.45, 2.75) is 11.8 Å². The van der Waals surface area contributed by atoms with E-state index in [4.69, 9.17) is 9.47 Å².